The lowest BCUT2D eigenvalue weighted by Crippen LogP contribution is -2.09. The van der Waals surface area contributed by atoms with Crippen LogP contribution in [0.2, 0.25) is 0 Å². The quantitative estimate of drug-likeness (QED) is 0.475. The molecule has 1 aromatic rings. The Labute approximate surface area is 82.3 Å². The fourth-order valence-corrected chi connectivity index (χ4v) is 1.55. The minimum absolute atomic E-state index is 0.583. The van der Waals surface area contributed by atoms with Gasteiger partial charge in [-0.15, -0.1) is 11.8 Å². The summed E-state index contributed by atoms with van der Waals surface area (Å²) >= 11 is 0.599. The van der Waals surface area contributed by atoms with Gasteiger partial charge in [0.1, 0.15) is 0 Å². The van der Waals surface area contributed by atoms with E-state index in [9.17, 15) is 17.6 Å². The van der Waals surface area contributed by atoms with Crippen LogP contribution in [0.3, 0.4) is 0 Å². The highest BCUT2D eigenvalue weighted by Crippen LogP contribution is 2.29. The molecule has 0 amide bonds. The van der Waals surface area contributed by atoms with Crippen molar-refractivity contribution in [3.63, 3.8) is 0 Å². The van der Waals surface area contributed by atoms with Gasteiger partial charge in [0.05, 0.1) is 4.90 Å². The SMILES string of the molecule is CSc1c(F)c(F)c(CN)c(F)c1F. The highest BCUT2D eigenvalue weighted by Gasteiger charge is 2.23. The maximum absolute atomic E-state index is 13.0. The molecule has 0 fully saturated rings. The average Bonchev–Trinajstić information content (AvgIpc) is 2.17. The Bertz CT molecular complexity index is 303. The summed E-state index contributed by atoms with van der Waals surface area (Å²) in [5.74, 6) is -5.62. The van der Waals surface area contributed by atoms with Crippen molar-refractivity contribution < 1.29 is 17.6 Å². The smallest absolute Gasteiger partial charge is 0.175 e. The van der Waals surface area contributed by atoms with Crippen LogP contribution in [-0.2, 0) is 6.54 Å². The molecule has 0 aromatic heterocycles. The van der Waals surface area contributed by atoms with Crippen LogP contribution in [0.1, 0.15) is 5.56 Å². The molecular formula is C8H7F4NS. The third-order valence-electron chi connectivity index (χ3n) is 1.72. The van der Waals surface area contributed by atoms with Crippen molar-refractivity contribution in [2.24, 2.45) is 5.73 Å². The van der Waals surface area contributed by atoms with Gasteiger partial charge in [0.2, 0.25) is 0 Å². The topological polar surface area (TPSA) is 26.0 Å². The first kappa shape index (κ1) is 11.3. The van der Waals surface area contributed by atoms with Gasteiger partial charge in [-0.05, 0) is 6.26 Å². The van der Waals surface area contributed by atoms with Crippen LogP contribution in [0.5, 0.6) is 0 Å². The Hall–Kier alpha value is -0.750. The number of thioether (sulfide) groups is 1. The van der Waals surface area contributed by atoms with Crippen LogP contribution < -0.4 is 5.73 Å². The molecule has 0 aliphatic rings. The van der Waals surface area contributed by atoms with Crippen LogP contribution in [0, 0.1) is 23.3 Å². The largest absolute Gasteiger partial charge is 0.326 e. The molecule has 0 saturated heterocycles. The van der Waals surface area contributed by atoms with Gasteiger partial charge in [-0.2, -0.15) is 0 Å². The first-order valence-electron chi connectivity index (χ1n) is 3.63. The monoisotopic (exact) mass is 225 g/mol. The molecule has 0 radical (unpaired) electrons. The first-order valence-corrected chi connectivity index (χ1v) is 4.85. The van der Waals surface area contributed by atoms with Crippen molar-refractivity contribution in [2.75, 3.05) is 6.26 Å². The van der Waals surface area contributed by atoms with Crippen molar-refractivity contribution >= 4 is 11.8 Å². The van der Waals surface area contributed by atoms with Gasteiger partial charge in [0.25, 0.3) is 0 Å². The molecule has 6 heteroatoms. The Morgan fingerprint density at radius 2 is 1.43 bits per heavy atom. The maximum Gasteiger partial charge on any atom is 0.175 e. The Morgan fingerprint density at radius 3 is 1.71 bits per heavy atom. The summed E-state index contributed by atoms with van der Waals surface area (Å²) in [6, 6.07) is 0. The molecule has 2 N–H and O–H groups in total. The number of nitrogens with two attached hydrogens (primary N) is 1. The summed E-state index contributed by atoms with van der Waals surface area (Å²) in [6.45, 7) is -0.583. The average molecular weight is 225 g/mol. The van der Waals surface area contributed by atoms with Crippen molar-refractivity contribution in [2.45, 2.75) is 11.4 Å². The summed E-state index contributed by atoms with van der Waals surface area (Å²) in [4.78, 5) is -0.669. The molecule has 1 rings (SSSR count). The Morgan fingerprint density at radius 1 is 1.00 bits per heavy atom. The van der Waals surface area contributed by atoms with Gasteiger partial charge in [0, 0.05) is 12.1 Å². The molecule has 0 atom stereocenters. The summed E-state index contributed by atoms with van der Waals surface area (Å²) in [5.41, 5.74) is 4.19. The standard InChI is InChI=1S/C8H7F4NS/c1-14-8-6(11)4(9)3(2-13)5(10)7(8)12/h2,13H2,1H3. The van der Waals surface area contributed by atoms with Crippen molar-refractivity contribution in [1.29, 1.82) is 0 Å². The highest BCUT2D eigenvalue weighted by molar-refractivity contribution is 7.98. The highest BCUT2D eigenvalue weighted by atomic mass is 32.2. The van der Waals surface area contributed by atoms with Crippen LogP contribution in [0.4, 0.5) is 17.6 Å². The lowest BCUT2D eigenvalue weighted by molar-refractivity contribution is 0.413. The molecule has 14 heavy (non-hydrogen) atoms. The number of benzene rings is 1. The molecule has 0 saturated carbocycles. The zero-order valence-electron chi connectivity index (χ0n) is 7.20. The van der Waals surface area contributed by atoms with Gasteiger partial charge in [0.15, 0.2) is 23.3 Å². The first-order chi connectivity index (χ1) is 6.54. The fraction of sp³-hybridized carbons (Fsp3) is 0.250. The molecule has 78 valence electrons. The van der Waals surface area contributed by atoms with Crippen molar-refractivity contribution in [3.05, 3.63) is 28.8 Å². The Balaban J connectivity index is 3.55. The van der Waals surface area contributed by atoms with E-state index in [1.165, 1.54) is 6.26 Å². The van der Waals surface area contributed by atoms with E-state index in [0.29, 0.717) is 11.8 Å². The van der Waals surface area contributed by atoms with Gasteiger partial charge < -0.3 is 5.73 Å². The minimum atomic E-state index is -1.42. The molecule has 1 aromatic carbocycles. The van der Waals surface area contributed by atoms with Crippen LogP contribution in [0.25, 0.3) is 0 Å². The Kier molecular flexibility index (Phi) is 3.38. The number of hydrogen-bond donors (Lipinski definition) is 1. The molecule has 0 heterocycles. The minimum Gasteiger partial charge on any atom is -0.326 e. The lowest BCUT2D eigenvalue weighted by Gasteiger charge is -2.08. The predicted molar refractivity (Wildman–Crippen MR) is 45.9 cm³/mol. The van der Waals surface area contributed by atoms with E-state index in [0.717, 1.165) is 0 Å². The normalized spacial score (nSPS) is 10.7. The number of rotatable bonds is 2. The zero-order chi connectivity index (χ0) is 10.9. The molecule has 0 aliphatic heterocycles. The van der Waals surface area contributed by atoms with E-state index in [-0.39, 0.29) is 0 Å². The van der Waals surface area contributed by atoms with E-state index in [2.05, 4.69) is 0 Å². The molecule has 0 spiro atoms. The zero-order valence-corrected chi connectivity index (χ0v) is 8.02. The van der Waals surface area contributed by atoms with E-state index in [4.69, 9.17) is 5.73 Å². The second-order valence-electron chi connectivity index (χ2n) is 2.47. The van der Waals surface area contributed by atoms with E-state index in [1.54, 1.807) is 0 Å². The lowest BCUT2D eigenvalue weighted by atomic mass is 10.2. The summed E-state index contributed by atoms with van der Waals surface area (Å²) < 4.78 is 52.1. The molecule has 0 aliphatic carbocycles. The summed E-state index contributed by atoms with van der Waals surface area (Å²) in [5, 5.41) is 0. The van der Waals surface area contributed by atoms with Crippen LogP contribution >= 0.6 is 11.8 Å². The van der Waals surface area contributed by atoms with Crippen LogP contribution in [0.15, 0.2) is 4.90 Å². The third kappa shape index (κ3) is 1.59. The van der Waals surface area contributed by atoms with Gasteiger partial charge >= 0.3 is 0 Å². The molecule has 0 bridgehead atoms. The second-order valence-corrected chi connectivity index (χ2v) is 3.29. The van der Waals surface area contributed by atoms with Crippen molar-refractivity contribution in [3.8, 4) is 0 Å². The van der Waals surface area contributed by atoms with Gasteiger partial charge in [-0.25, -0.2) is 17.6 Å². The number of halogens is 4. The summed E-state index contributed by atoms with van der Waals surface area (Å²) in [6.07, 6.45) is 1.32. The number of hydrogen-bond acceptors (Lipinski definition) is 2. The van der Waals surface area contributed by atoms with E-state index >= 15 is 0 Å². The van der Waals surface area contributed by atoms with Crippen molar-refractivity contribution in [1.82, 2.24) is 0 Å². The molecule has 0 unspecified atom stereocenters. The van der Waals surface area contributed by atoms with E-state index < -0.39 is 40.3 Å². The second kappa shape index (κ2) is 4.18. The van der Waals surface area contributed by atoms with Gasteiger partial charge in [-0.3, -0.25) is 0 Å². The maximum atomic E-state index is 13.0. The van der Waals surface area contributed by atoms with Crippen LogP contribution in [-0.4, -0.2) is 6.26 Å². The molecule has 1 nitrogen and oxygen atoms in total. The van der Waals surface area contributed by atoms with E-state index in [1.807, 2.05) is 0 Å². The van der Waals surface area contributed by atoms with Gasteiger partial charge in [-0.1, -0.05) is 0 Å². The predicted octanol–water partition coefficient (Wildman–Crippen LogP) is 2.42. The fourth-order valence-electron chi connectivity index (χ4n) is 1.02. The summed E-state index contributed by atoms with van der Waals surface area (Å²) in [7, 11) is 0. The molecular weight excluding hydrogens is 218 g/mol. The third-order valence-corrected chi connectivity index (χ3v) is 2.49.